The molecule has 0 saturated carbocycles. The van der Waals surface area contributed by atoms with Crippen molar-refractivity contribution in [2.45, 2.75) is 70.6 Å². The van der Waals surface area contributed by atoms with Crippen molar-refractivity contribution in [1.82, 2.24) is 24.3 Å². The molecule has 1 aromatic carbocycles. The van der Waals surface area contributed by atoms with E-state index in [4.69, 9.17) is 21.3 Å². The van der Waals surface area contributed by atoms with Crippen molar-refractivity contribution in [3.05, 3.63) is 82.7 Å². The molecule has 1 aliphatic carbocycles. The lowest BCUT2D eigenvalue weighted by molar-refractivity contribution is -0.125. The van der Waals surface area contributed by atoms with Crippen LogP contribution in [0.4, 0.5) is 4.79 Å². The molecule has 2 aliphatic heterocycles. The van der Waals surface area contributed by atoms with Crippen LogP contribution in [0, 0.1) is 5.92 Å². The van der Waals surface area contributed by atoms with Gasteiger partial charge in [-0.2, -0.15) is 0 Å². The van der Waals surface area contributed by atoms with E-state index in [1.807, 2.05) is 84.2 Å². The lowest BCUT2D eigenvalue weighted by Gasteiger charge is -2.37. The molecule has 2 amide bonds. The molecule has 220 valence electrons. The zero-order valence-corrected chi connectivity index (χ0v) is 25.3. The first-order valence-electron chi connectivity index (χ1n) is 14.9. The second-order valence-corrected chi connectivity index (χ2v) is 13.0. The highest BCUT2D eigenvalue weighted by atomic mass is 35.5. The number of ether oxygens (including phenoxy) is 1. The lowest BCUT2D eigenvalue weighted by atomic mass is 9.76. The number of carbonyl (C=O) groups excluding carboxylic acids is 2. The Bertz CT molecular complexity index is 1490. The highest BCUT2D eigenvalue weighted by Gasteiger charge is 2.39. The van der Waals surface area contributed by atoms with Crippen LogP contribution in [0.1, 0.15) is 74.8 Å². The summed E-state index contributed by atoms with van der Waals surface area (Å²) in [6, 6.07) is 10.0. The quantitative estimate of drug-likeness (QED) is 0.360. The van der Waals surface area contributed by atoms with Gasteiger partial charge in [0.2, 0.25) is 0 Å². The molecule has 0 radical (unpaired) electrons. The van der Waals surface area contributed by atoms with E-state index in [0.29, 0.717) is 23.7 Å². The number of pyridine rings is 1. The van der Waals surface area contributed by atoms with Gasteiger partial charge in [-0.05, 0) is 87.8 Å². The fraction of sp³-hybridized carbons (Fsp3) is 0.455. The first-order valence-corrected chi connectivity index (χ1v) is 15.3. The third-order valence-electron chi connectivity index (χ3n) is 8.62. The molecule has 2 saturated heterocycles. The van der Waals surface area contributed by atoms with Crippen molar-refractivity contribution in [1.29, 1.82) is 0 Å². The number of nitrogens with zero attached hydrogens (tertiary/aromatic N) is 5. The number of carbonyl (C=O) groups is 2. The van der Waals surface area contributed by atoms with Crippen LogP contribution in [0.2, 0.25) is 5.02 Å². The van der Waals surface area contributed by atoms with Crippen LogP contribution in [0.3, 0.4) is 0 Å². The Morgan fingerprint density at radius 3 is 2.62 bits per heavy atom. The number of fused-ring (bicyclic) bond motifs is 2. The molecule has 2 aromatic heterocycles. The number of amides is 2. The Labute approximate surface area is 252 Å². The Morgan fingerprint density at radius 1 is 1.07 bits per heavy atom. The molecular formula is C33H38ClN5O3. The van der Waals surface area contributed by atoms with Gasteiger partial charge in [0.15, 0.2) is 0 Å². The van der Waals surface area contributed by atoms with Crippen molar-refractivity contribution in [3.8, 4) is 0 Å². The van der Waals surface area contributed by atoms with Crippen LogP contribution in [-0.2, 0) is 16.1 Å². The predicted octanol–water partition coefficient (Wildman–Crippen LogP) is 6.26. The molecular weight excluding hydrogens is 550 g/mol. The minimum Gasteiger partial charge on any atom is -0.444 e. The fourth-order valence-corrected chi connectivity index (χ4v) is 6.89. The van der Waals surface area contributed by atoms with Crippen LogP contribution in [0.25, 0.3) is 11.6 Å². The molecule has 0 spiro atoms. The van der Waals surface area contributed by atoms with E-state index in [0.717, 1.165) is 61.2 Å². The van der Waals surface area contributed by atoms with Crippen LogP contribution < -0.4 is 0 Å². The topological polar surface area (TPSA) is 80.6 Å². The number of piperidine rings is 1. The molecule has 9 heteroatoms. The van der Waals surface area contributed by atoms with Crippen molar-refractivity contribution >= 4 is 35.3 Å². The molecule has 2 fully saturated rings. The largest absolute Gasteiger partial charge is 0.444 e. The summed E-state index contributed by atoms with van der Waals surface area (Å²) in [5, 5.41) is 0.633. The average Bonchev–Trinajstić information content (AvgIpc) is 3.62. The highest BCUT2D eigenvalue weighted by Crippen LogP contribution is 2.45. The van der Waals surface area contributed by atoms with Crippen LogP contribution >= 0.6 is 11.6 Å². The van der Waals surface area contributed by atoms with E-state index in [2.05, 4.69) is 11.1 Å². The summed E-state index contributed by atoms with van der Waals surface area (Å²) < 4.78 is 7.68. The first-order chi connectivity index (χ1) is 20.2. The van der Waals surface area contributed by atoms with E-state index >= 15 is 0 Å². The minimum atomic E-state index is -0.530. The maximum absolute atomic E-state index is 14.4. The van der Waals surface area contributed by atoms with Gasteiger partial charge in [-0.15, -0.1) is 0 Å². The summed E-state index contributed by atoms with van der Waals surface area (Å²) in [4.78, 5) is 40.1. The number of benzene rings is 1. The summed E-state index contributed by atoms with van der Waals surface area (Å²) in [6.07, 6.45) is 12.7. The van der Waals surface area contributed by atoms with Crippen molar-refractivity contribution in [2.75, 3.05) is 19.6 Å². The molecule has 0 bridgehead atoms. The van der Waals surface area contributed by atoms with E-state index in [1.165, 1.54) is 0 Å². The molecule has 42 heavy (non-hydrogen) atoms. The highest BCUT2D eigenvalue weighted by molar-refractivity contribution is 6.31. The zero-order chi connectivity index (χ0) is 29.4. The number of halogens is 1. The monoisotopic (exact) mass is 587 g/mol. The zero-order valence-electron chi connectivity index (χ0n) is 24.5. The van der Waals surface area contributed by atoms with Gasteiger partial charge in [0.1, 0.15) is 5.60 Å². The standard InChI is InChI=1S/C33H38ClN5O3/c1-33(2,3)42-32(41)38-15-10-22(11-16-38)29-26-9-8-24(34)18-23(26)19-28(27-7-4-12-36-30(27)29)31(40)39-14-5-6-25(39)20-37-17-13-35-21-37/h4,7-9,12-13,17-19,21-22,25,29H,5-6,10-11,14-16,20H2,1-3H3/t25-,29?/m1/s1. The summed E-state index contributed by atoms with van der Waals surface area (Å²) in [5.74, 6) is 0.232. The van der Waals surface area contributed by atoms with Gasteiger partial charge in [-0.1, -0.05) is 23.7 Å². The predicted molar refractivity (Wildman–Crippen MR) is 163 cm³/mol. The molecule has 3 aromatic rings. The third-order valence-corrected chi connectivity index (χ3v) is 8.85. The molecule has 6 rings (SSSR count). The van der Waals surface area contributed by atoms with Gasteiger partial charge in [0.25, 0.3) is 5.91 Å². The molecule has 3 aliphatic rings. The maximum Gasteiger partial charge on any atom is 0.410 e. The Balaban J connectivity index is 1.33. The second kappa shape index (κ2) is 11.6. The lowest BCUT2D eigenvalue weighted by Crippen LogP contribution is -2.42. The SMILES string of the molecule is CC(C)(C)OC(=O)N1CCC(C2c3ccc(Cl)cc3C=C(C(=O)N3CCC[C@@H]3Cn3ccnc3)c3cccnc32)CC1. The number of hydrogen-bond donors (Lipinski definition) is 0. The normalized spacial score (nSPS) is 20.9. The number of likely N-dealkylation sites (tertiary alicyclic amines) is 2. The summed E-state index contributed by atoms with van der Waals surface area (Å²) >= 11 is 6.53. The Kier molecular flexibility index (Phi) is 7.83. The van der Waals surface area contributed by atoms with Gasteiger partial charge in [-0.25, -0.2) is 9.78 Å². The summed E-state index contributed by atoms with van der Waals surface area (Å²) in [5.41, 5.74) is 4.00. The van der Waals surface area contributed by atoms with Crippen LogP contribution in [0.5, 0.6) is 0 Å². The molecule has 4 heterocycles. The number of imidazole rings is 1. The van der Waals surface area contributed by atoms with E-state index < -0.39 is 5.60 Å². The summed E-state index contributed by atoms with van der Waals surface area (Å²) in [7, 11) is 0. The number of rotatable bonds is 4. The van der Waals surface area contributed by atoms with E-state index in [9.17, 15) is 9.59 Å². The summed E-state index contributed by atoms with van der Waals surface area (Å²) in [6.45, 7) is 8.35. The Morgan fingerprint density at radius 2 is 1.88 bits per heavy atom. The Hall–Kier alpha value is -3.65. The molecule has 1 unspecified atom stereocenters. The van der Waals surface area contributed by atoms with Gasteiger partial charge in [-0.3, -0.25) is 9.78 Å². The second-order valence-electron chi connectivity index (χ2n) is 12.6. The van der Waals surface area contributed by atoms with E-state index in [-0.39, 0.29) is 29.9 Å². The van der Waals surface area contributed by atoms with Crippen molar-refractivity contribution in [3.63, 3.8) is 0 Å². The fourth-order valence-electron chi connectivity index (χ4n) is 6.71. The first kappa shape index (κ1) is 28.5. The van der Waals surface area contributed by atoms with E-state index in [1.54, 1.807) is 6.20 Å². The number of hydrogen-bond acceptors (Lipinski definition) is 5. The molecule has 0 N–H and O–H groups in total. The van der Waals surface area contributed by atoms with Gasteiger partial charge in [0, 0.05) is 72.9 Å². The van der Waals surface area contributed by atoms with Crippen LogP contribution in [-0.4, -0.2) is 67.6 Å². The van der Waals surface area contributed by atoms with Gasteiger partial charge in [0.05, 0.1) is 12.0 Å². The third kappa shape index (κ3) is 5.82. The van der Waals surface area contributed by atoms with Crippen molar-refractivity contribution < 1.29 is 14.3 Å². The van der Waals surface area contributed by atoms with Crippen molar-refractivity contribution in [2.24, 2.45) is 5.92 Å². The number of aromatic nitrogens is 3. The molecule has 2 atom stereocenters. The van der Waals surface area contributed by atoms with Crippen LogP contribution in [0.15, 0.2) is 55.2 Å². The average molecular weight is 588 g/mol. The smallest absolute Gasteiger partial charge is 0.410 e. The van der Waals surface area contributed by atoms with Gasteiger partial charge < -0.3 is 19.1 Å². The molecule has 8 nitrogen and oxygen atoms in total. The minimum absolute atomic E-state index is 0.0261. The maximum atomic E-state index is 14.4. The van der Waals surface area contributed by atoms with Gasteiger partial charge >= 0.3 is 6.09 Å².